The summed E-state index contributed by atoms with van der Waals surface area (Å²) in [6.45, 7) is 5.61. The molecule has 1 unspecified atom stereocenters. The van der Waals surface area contributed by atoms with Crippen LogP contribution in [0, 0.1) is 0 Å². The Hall–Kier alpha value is -2.02. The first-order chi connectivity index (χ1) is 14.3. The summed E-state index contributed by atoms with van der Waals surface area (Å²) < 4.78 is 15.3. The molecule has 0 amide bonds. The number of hydrogen-bond donors (Lipinski definition) is 0. The van der Waals surface area contributed by atoms with Crippen molar-refractivity contribution in [3.8, 4) is 11.1 Å². The van der Waals surface area contributed by atoms with Gasteiger partial charge in [-0.3, -0.25) is 4.90 Å². The van der Waals surface area contributed by atoms with Gasteiger partial charge >= 0.3 is 0 Å². The maximum absolute atomic E-state index is 13.3. The summed E-state index contributed by atoms with van der Waals surface area (Å²) in [5, 5.41) is 0. The van der Waals surface area contributed by atoms with E-state index in [1.165, 1.54) is 24.8 Å². The number of piperazine rings is 1. The highest BCUT2D eigenvalue weighted by Crippen LogP contribution is 2.27. The van der Waals surface area contributed by atoms with E-state index in [9.17, 15) is 4.55 Å². The van der Waals surface area contributed by atoms with Gasteiger partial charge < -0.3 is 9.45 Å². The second-order valence-electron chi connectivity index (χ2n) is 8.03. The number of hydrogen-bond acceptors (Lipinski definition) is 5. The van der Waals surface area contributed by atoms with Crippen molar-refractivity contribution in [3.05, 3.63) is 54.6 Å². The van der Waals surface area contributed by atoms with Crippen molar-refractivity contribution in [3.63, 3.8) is 0 Å². The van der Waals surface area contributed by atoms with Gasteiger partial charge in [0.15, 0.2) is 4.90 Å². The third-order valence-corrected chi connectivity index (χ3v) is 7.75. The third kappa shape index (κ3) is 3.89. The van der Waals surface area contributed by atoms with Crippen molar-refractivity contribution in [1.29, 1.82) is 0 Å². The van der Waals surface area contributed by atoms with Crippen molar-refractivity contribution in [2.24, 2.45) is 4.99 Å². The Balaban J connectivity index is 1.25. The Labute approximate surface area is 176 Å². The summed E-state index contributed by atoms with van der Waals surface area (Å²) in [6.07, 6.45) is 4.10. The molecule has 6 heteroatoms. The van der Waals surface area contributed by atoms with E-state index in [4.69, 9.17) is 4.99 Å². The van der Waals surface area contributed by atoms with Gasteiger partial charge in [-0.2, -0.15) is 4.31 Å². The van der Waals surface area contributed by atoms with Gasteiger partial charge in [0.05, 0.1) is 13.1 Å². The average Bonchev–Trinajstić information content (AvgIpc) is 3.23. The number of guanidine groups is 1. The Kier molecular flexibility index (Phi) is 5.48. The number of nitrogens with zero attached hydrogens (tertiary/aromatic N) is 4. The van der Waals surface area contributed by atoms with Crippen molar-refractivity contribution in [2.75, 3.05) is 39.3 Å². The zero-order chi connectivity index (χ0) is 19.6. The molecule has 3 aliphatic rings. The second-order valence-corrected chi connectivity index (χ2v) is 9.44. The largest absolute Gasteiger partial charge is 0.588 e. The van der Waals surface area contributed by atoms with Crippen LogP contribution in [-0.4, -0.2) is 69.9 Å². The van der Waals surface area contributed by atoms with E-state index in [2.05, 4.69) is 34.1 Å². The van der Waals surface area contributed by atoms with Crippen LogP contribution >= 0.6 is 0 Å². The molecule has 0 N–H and O–H groups in total. The standard InChI is InChI=1S/C23H28N4OS/c28-29(22-11-9-20(10-12-22)19-5-2-1-3-6-19)27-14-13-24-23(27)26-17-15-25(16-18-26)21-7-4-8-21/h1-3,5-6,9-12,21H,4,7-8,13-18H2. The molecule has 1 aliphatic carbocycles. The van der Waals surface area contributed by atoms with Gasteiger partial charge in [-0.1, -0.05) is 36.8 Å². The van der Waals surface area contributed by atoms with Crippen LogP contribution in [0.5, 0.6) is 0 Å². The average molecular weight is 409 g/mol. The van der Waals surface area contributed by atoms with E-state index in [1.54, 1.807) is 0 Å². The van der Waals surface area contributed by atoms with E-state index in [0.29, 0.717) is 0 Å². The van der Waals surface area contributed by atoms with E-state index in [1.807, 2.05) is 34.6 Å². The number of aliphatic imine (C=N–C) groups is 1. The van der Waals surface area contributed by atoms with Gasteiger partial charge in [0, 0.05) is 32.2 Å². The molecule has 2 aromatic carbocycles. The van der Waals surface area contributed by atoms with Crippen LogP contribution in [0.25, 0.3) is 11.1 Å². The van der Waals surface area contributed by atoms with E-state index >= 15 is 0 Å². The third-order valence-electron chi connectivity index (χ3n) is 6.33. The van der Waals surface area contributed by atoms with Crippen molar-refractivity contribution in [2.45, 2.75) is 30.2 Å². The lowest BCUT2D eigenvalue weighted by molar-refractivity contribution is 0.0833. The first-order valence-electron chi connectivity index (χ1n) is 10.7. The van der Waals surface area contributed by atoms with Crippen LogP contribution in [0.4, 0.5) is 0 Å². The smallest absolute Gasteiger partial charge is 0.240 e. The fourth-order valence-electron chi connectivity index (χ4n) is 4.40. The van der Waals surface area contributed by atoms with Crippen molar-refractivity contribution in [1.82, 2.24) is 14.1 Å². The molecule has 5 rings (SSSR count). The molecule has 29 heavy (non-hydrogen) atoms. The van der Waals surface area contributed by atoms with E-state index < -0.39 is 11.4 Å². The molecule has 2 aliphatic heterocycles. The van der Waals surface area contributed by atoms with Crippen LogP contribution in [0.3, 0.4) is 0 Å². The van der Waals surface area contributed by atoms with Crippen molar-refractivity contribution >= 4 is 17.3 Å². The minimum Gasteiger partial charge on any atom is -0.588 e. The molecular weight excluding hydrogens is 380 g/mol. The molecular formula is C23H28N4OS. The predicted octanol–water partition coefficient (Wildman–Crippen LogP) is 3.22. The van der Waals surface area contributed by atoms with E-state index in [-0.39, 0.29) is 0 Å². The van der Waals surface area contributed by atoms with Gasteiger partial charge in [-0.15, -0.1) is 0 Å². The van der Waals surface area contributed by atoms with Gasteiger partial charge in [0.25, 0.3) is 0 Å². The monoisotopic (exact) mass is 408 g/mol. The molecule has 1 saturated carbocycles. The van der Waals surface area contributed by atoms with Crippen LogP contribution in [-0.2, 0) is 11.4 Å². The topological polar surface area (TPSA) is 45.1 Å². The molecule has 0 spiro atoms. The fraction of sp³-hybridized carbons (Fsp3) is 0.435. The maximum atomic E-state index is 13.3. The Morgan fingerprint density at radius 3 is 2.17 bits per heavy atom. The van der Waals surface area contributed by atoms with Gasteiger partial charge in [0.2, 0.25) is 5.96 Å². The molecule has 152 valence electrons. The van der Waals surface area contributed by atoms with Crippen molar-refractivity contribution < 1.29 is 4.55 Å². The zero-order valence-corrected chi connectivity index (χ0v) is 17.6. The predicted molar refractivity (Wildman–Crippen MR) is 118 cm³/mol. The second kappa shape index (κ2) is 8.38. The summed E-state index contributed by atoms with van der Waals surface area (Å²) in [5.74, 6) is 0.920. The minimum atomic E-state index is -1.22. The molecule has 0 bridgehead atoms. The summed E-state index contributed by atoms with van der Waals surface area (Å²) in [4.78, 5) is 10.5. The summed E-state index contributed by atoms with van der Waals surface area (Å²) in [5.41, 5.74) is 2.33. The van der Waals surface area contributed by atoms with Gasteiger partial charge in [-0.05, 0) is 48.2 Å². The number of rotatable bonds is 4. The normalized spacial score (nSPS) is 21.8. The zero-order valence-electron chi connectivity index (χ0n) is 16.7. The lowest BCUT2D eigenvalue weighted by atomic mass is 9.91. The fourth-order valence-corrected chi connectivity index (χ4v) is 5.59. The number of benzene rings is 2. The minimum absolute atomic E-state index is 0.727. The highest BCUT2D eigenvalue weighted by atomic mass is 32.2. The first-order valence-corrected chi connectivity index (χ1v) is 11.8. The van der Waals surface area contributed by atoms with Crippen LogP contribution in [0.15, 0.2) is 64.5 Å². The van der Waals surface area contributed by atoms with Crippen LogP contribution in [0.2, 0.25) is 0 Å². The Morgan fingerprint density at radius 2 is 1.52 bits per heavy atom. The maximum Gasteiger partial charge on any atom is 0.240 e. The molecule has 2 heterocycles. The Bertz CT molecular complexity index is 845. The molecule has 1 saturated heterocycles. The molecule has 2 aromatic rings. The molecule has 0 radical (unpaired) electrons. The summed E-state index contributed by atoms with van der Waals surface area (Å²) in [6, 6.07) is 19.2. The van der Waals surface area contributed by atoms with Gasteiger partial charge in [-0.25, -0.2) is 4.99 Å². The molecule has 0 aromatic heterocycles. The first kappa shape index (κ1) is 19.0. The molecule has 5 nitrogen and oxygen atoms in total. The Morgan fingerprint density at radius 1 is 0.828 bits per heavy atom. The SMILES string of the molecule is [O-][S+](c1ccc(-c2ccccc2)cc1)N1CCN=C1N1CCN(C2CCC2)CC1. The van der Waals surface area contributed by atoms with Crippen LogP contribution < -0.4 is 0 Å². The quantitative estimate of drug-likeness (QED) is 0.729. The lowest BCUT2D eigenvalue weighted by Crippen LogP contribution is -2.56. The highest BCUT2D eigenvalue weighted by Gasteiger charge is 2.36. The summed E-state index contributed by atoms with van der Waals surface area (Å²) >= 11 is -1.22. The van der Waals surface area contributed by atoms with Crippen LogP contribution in [0.1, 0.15) is 19.3 Å². The molecule has 1 atom stereocenters. The summed E-state index contributed by atoms with van der Waals surface area (Å²) in [7, 11) is 0. The highest BCUT2D eigenvalue weighted by molar-refractivity contribution is 7.89. The lowest BCUT2D eigenvalue weighted by Gasteiger charge is -2.43. The van der Waals surface area contributed by atoms with Gasteiger partial charge in [0.1, 0.15) is 11.4 Å². The molecule has 2 fully saturated rings. The van der Waals surface area contributed by atoms with E-state index in [0.717, 1.165) is 61.7 Å².